The summed E-state index contributed by atoms with van der Waals surface area (Å²) in [5.41, 5.74) is 7.66. The van der Waals surface area contributed by atoms with Crippen molar-refractivity contribution in [1.82, 2.24) is 0 Å². The number of halogens is 1. The van der Waals surface area contributed by atoms with E-state index in [1.807, 2.05) is 18.4 Å². The van der Waals surface area contributed by atoms with Crippen LogP contribution in [0.25, 0.3) is 10.1 Å². The van der Waals surface area contributed by atoms with Crippen molar-refractivity contribution in [1.29, 1.82) is 0 Å². The molecule has 2 rings (SSSR count). The van der Waals surface area contributed by atoms with Crippen molar-refractivity contribution in [2.75, 3.05) is 5.73 Å². The summed E-state index contributed by atoms with van der Waals surface area (Å²) < 4.78 is 1.13. The van der Waals surface area contributed by atoms with E-state index in [1.165, 1.54) is 5.39 Å². The van der Waals surface area contributed by atoms with Gasteiger partial charge in [-0.2, -0.15) is 0 Å². The van der Waals surface area contributed by atoms with Crippen molar-refractivity contribution in [3.05, 3.63) is 28.1 Å². The smallest absolute Gasteiger partial charge is 0.0604 e. The highest BCUT2D eigenvalue weighted by Crippen LogP contribution is 2.34. The van der Waals surface area contributed by atoms with Gasteiger partial charge in [0.05, 0.1) is 9.72 Å². The molecule has 2 N–H and O–H groups in total. The molecule has 0 aliphatic rings. The third kappa shape index (κ3) is 0.993. The normalized spacial score (nSPS) is 10.8. The second-order valence-electron chi connectivity index (χ2n) is 2.74. The number of fused-ring (bicyclic) bond motifs is 1. The van der Waals surface area contributed by atoms with Gasteiger partial charge in [0.1, 0.15) is 0 Å². The second kappa shape index (κ2) is 2.64. The predicted octanol–water partition coefficient (Wildman–Crippen LogP) is 3.45. The van der Waals surface area contributed by atoms with Gasteiger partial charge in [-0.15, -0.1) is 11.3 Å². The Morgan fingerprint density at radius 3 is 3.00 bits per heavy atom. The van der Waals surface area contributed by atoms with Crippen molar-refractivity contribution >= 4 is 38.7 Å². The van der Waals surface area contributed by atoms with Crippen LogP contribution in [0.4, 0.5) is 5.69 Å². The maximum absolute atomic E-state index is 6.01. The van der Waals surface area contributed by atoms with Crippen LogP contribution in [0.2, 0.25) is 5.02 Å². The van der Waals surface area contributed by atoms with E-state index in [0.717, 1.165) is 21.0 Å². The predicted molar refractivity (Wildman–Crippen MR) is 56.0 cm³/mol. The minimum Gasteiger partial charge on any atom is -0.398 e. The summed E-state index contributed by atoms with van der Waals surface area (Å²) in [6.07, 6.45) is 0. The highest BCUT2D eigenvalue weighted by molar-refractivity contribution is 7.17. The number of nitrogens with two attached hydrogens (primary N) is 1. The molecule has 0 spiro atoms. The summed E-state index contributed by atoms with van der Waals surface area (Å²) in [5.74, 6) is 0. The maximum Gasteiger partial charge on any atom is 0.0604 e. The van der Waals surface area contributed by atoms with Crippen LogP contribution in [0, 0.1) is 6.92 Å². The number of aryl methyl sites for hydroxylation is 1. The average Bonchev–Trinajstić information content (AvgIpc) is 2.48. The van der Waals surface area contributed by atoms with E-state index in [9.17, 15) is 0 Å². The Hall–Kier alpha value is -0.730. The van der Waals surface area contributed by atoms with E-state index in [1.54, 1.807) is 11.3 Å². The highest BCUT2D eigenvalue weighted by Gasteiger charge is 2.05. The molecule has 0 bridgehead atoms. The summed E-state index contributed by atoms with van der Waals surface area (Å²) in [7, 11) is 0. The van der Waals surface area contributed by atoms with Gasteiger partial charge in [0, 0.05) is 5.69 Å². The Bertz CT molecular complexity index is 433. The van der Waals surface area contributed by atoms with E-state index in [-0.39, 0.29) is 0 Å². The van der Waals surface area contributed by atoms with Crippen LogP contribution < -0.4 is 5.73 Å². The lowest BCUT2D eigenvalue weighted by Crippen LogP contribution is -1.88. The van der Waals surface area contributed by atoms with Gasteiger partial charge in [0.25, 0.3) is 0 Å². The van der Waals surface area contributed by atoms with Crippen LogP contribution in [0.15, 0.2) is 17.5 Å². The molecule has 62 valence electrons. The molecule has 0 aliphatic carbocycles. The van der Waals surface area contributed by atoms with Crippen molar-refractivity contribution in [3.8, 4) is 0 Å². The summed E-state index contributed by atoms with van der Waals surface area (Å²) >= 11 is 7.66. The van der Waals surface area contributed by atoms with Gasteiger partial charge >= 0.3 is 0 Å². The van der Waals surface area contributed by atoms with E-state index in [4.69, 9.17) is 17.3 Å². The molecule has 1 heterocycles. The van der Waals surface area contributed by atoms with Gasteiger partial charge in [-0.3, -0.25) is 0 Å². The number of thiophene rings is 1. The Kier molecular flexibility index (Phi) is 1.74. The molecule has 1 aromatic heterocycles. The molecule has 0 fully saturated rings. The number of anilines is 1. The van der Waals surface area contributed by atoms with E-state index in [0.29, 0.717) is 0 Å². The molecule has 1 nitrogen and oxygen atoms in total. The molecule has 0 radical (unpaired) electrons. The van der Waals surface area contributed by atoms with Gasteiger partial charge in [0.15, 0.2) is 0 Å². The first-order chi connectivity index (χ1) is 5.70. The summed E-state index contributed by atoms with van der Waals surface area (Å²) in [4.78, 5) is 0. The molecule has 2 aromatic rings. The first kappa shape index (κ1) is 7.90. The van der Waals surface area contributed by atoms with Gasteiger partial charge in [-0.05, 0) is 35.4 Å². The monoisotopic (exact) mass is 197 g/mol. The Morgan fingerprint density at radius 2 is 2.25 bits per heavy atom. The fourth-order valence-electron chi connectivity index (χ4n) is 1.26. The molecule has 0 atom stereocenters. The van der Waals surface area contributed by atoms with Crippen molar-refractivity contribution in [2.45, 2.75) is 6.92 Å². The van der Waals surface area contributed by atoms with Crippen molar-refractivity contribution < 1.29 is 0 Å². The van der Waals surface area contributed by atoms with Gasteiger partial charge in [-0.25, -0.2) is 0 Å². The lowest BCUT2D eigenvalue weighted by atomic mass is 10.1. The third-order valence-corrected chi connectivity index (χ3v) is 3.36. The van der Waals surface area contributed by atoms with E-state index < -0.39 is 0 Å². The van der Waals surface area contributed by atoms with Crippen LogP contribution in [0.1, 0.15) is 5.56 Å². The summed E-state index contributed by atoms with van der Waals surface area (Å²) in [6, 6.07) is 3.87. The zero-order valence-electron chi connectivity index (χ0n) is 6.60. The molecule has 0 unspecified atom stereocenters. The molecule has 0 saturated heterocycles. The Morgan fingerprint density at radius 1 is 1.50 bits per heavy atom. The molecule has 12 heavy (non-hydrogen) atoms. The largest absolute Gasteiger partial charge is 0.398 e. The number of hydrogen-bond acceptors (Lipinski definition) is 2. The Balaban J connectivity index is 2.97. The number of benzene rings is 1. The molecule has 0 amide bonds. The van der Waals surface area contributed by atoms with E-state index in [2.05, 4.69) is 6.07 Å². The minimum absolute atomic E-state index is 0.753. The molecular weight excluding hydrogens is 190 g/mol. The molecule has 1 aromatic carbocycles. The average molecular weight is 198 g/mol. The van der Waals surface area contributed by atoms with Gasteiger partial charge < -0.3 is 5.73 Å². The molecule has 3 heteroatoms. The zero-order chi connectivity index (χ0) is 8.72. The third-order valence-electron chi connectivity index (χ3n) is 2.00. The fraction of sp³-hybridized carbons (Fsp3) is 0.111. The van der Waals surface area contributed by atoms with Crippen LogP contribution in [0.5, 0.6) is 0 Å². The number of nitrogen functional groups attached to an aromatic ring is 1. The lowest BCUT2D eigenvalue weighted by Gasteiger charge is -2.02. The van der Waals surface area contributed by atoms with Crippen LogP contribution in [0.3, 0.4) is 0 Å². The standard InChI is InChI=1S/C9H8ClNS/c1-5-6-2-3-12-9(6)7(10)4-8(5)11/h2-4H,11H2,1H3. The SMILES string of the molecule is Cc1c(N)cc(Cl)c2sccc12. The molecule has 0 aliphatic heterocycles. The number of hydrogen-bond donors (Lipinski definition) is 1. The highest BCUT2D eigenvalue weighted by atomic mass is 35.5. The maximum atomic E-state index is 6.01. The summed E-state index contributed by atoms with van der Waals surface area (Å²) in [6.45, 7) is 2.01. The van der Waals surface area contributed by atoms with Gasteiger partial charge in [0.2, 0.25) is 0 Å². The number of rotatable bonds is 0. The zero-order valence-corrected chi connectivity index (χ0v) is 8.17. The van der Waals surface area contributed by atoms with Crippen molar-refractivity contribution in [3.63, 3.8) is 0 Å². The van der Waals surface area contributed by atoms with Crippen LogP contribution >= 0.6 is 22.9 Å². The second-order valence-corrected chi connectivity index (χ2v) is 4.06. The molecule has 0 saturated carbocycles. The Labute approximate surface area is 79.8 Å². The van der Waals surface area contributed by atoms with Crippen LogP contribution in [-0.4, -0.2) is 0 Å². The quantitative estimate of drug-likeness (QED) is 0.644. The molecular formula is C9H8ClNS. The topological polar surface area (TPSA) is 26.0 Å². The fourth-order valence-corrected chi connectivity index (χ4v) is 2.47. The van der Waals surface area contributed by atoms with Gasteiger partial charge in [-0.1, -0.05) is 11.6 Å². The first-order valence-corrected chi connectivity index (χ1v) is 4.87. The summed E-state index contributed by atoms with van der Waals surface area (Å²) in [5, 5.41) is 3.95. The minimum atomic E-state index is 0.753. The first-order valence-electron chi connectivity index (χ1n) is 3.62. The van der Waals surface area contributed by atoms with E-state index >= 15 is 0 Å². The van der Waals surface area contributed by atoms with Crippen LogP contribution in [-0.2, 0) is 0 Å². The van der Waals surface area contributed by atoms with Crippen molar-refractivity contribution in [2.24, 2.45) is 0 Å². The lowest BCUT2D eigenvalue weighted by molar-refractivity contribution is 1.54.